The molecule has 4 heteroatoms. The molecule has 0 aliphatic carbocycles. The highest BCUT2D eigenvalue weighted by Gasteiger charge is 2.07. The number of carbonyl (C=O) groups is 1. The van der Waals surface area contributed by atoms with Gasteiger partial charge in [-0.2, -0.15) is 0 Å². The van der Waals surface area contributed by atoms with E-state index in [1.54, 1.807) is 12.4 Å². The normalized spacial score (nSPS) is 10.4. The monoisotopic (exact) mass is 261 g/mol. The van der Waals surface area contributed by atoms with E-state index in [2.05, 4.69) is 4.98 Å². The maximum Gasteiger partial charge on any atom is 0.159 e. The number of aryl methyl sites for hydroxylation is 1. The molecule has 0 unspecified atom stereocenters. The Morgan fingerprint density at radius 3 is 2.63 bits per heavy atom. The highest BCUT2D eigenvalue weighted by molar-refractivity contribution is 5.81. The number of nitrogens with zero attached hydrogens (tertiary/aromatic N) is 1. The molecule has 0 bridgehead atoms. The smallest absolute Gasteiger partial charge is 0.159 e. The molecule has 1 aromatic heterocycles. The van der Waals surface area contributed by atoms with Gasteiger partial charge >= 0.3 is 0 Å². The van der Waals surface area contributed by atoms with E-state index >= 15 is 0 Å². The topological polar surface area (TPSA) is 30.0 Å². The predicted octanol–water partition coefficient (Wildman–Crippen LogP) is 3.10. The van der Waals surface area contributed by atoms with Crippen molar-refractivity contribution in [3.63, 3.8) is 0 Å². The zero-order valence-corrected chi connectivity index (χ0v) is 10.3. The average Bonchev–Trinajstić information content (AvgIpc) is 2.42. The lowest BCUT2D eigenvalue weighted by Gasteiger charge is -2.02. The van der Waals surface area contributed by atoms with Crippen molar-refractivity contribution in [2.75, 3.05) is 0 Å². The second-order valence-corrected chi connectivity index (χ2v) is 4.33. The van der Waals surface area contributed by atoms with Crippen molar-refractivity contribution in [3.05, 3.63) is 65.5 Å². The summed E-state index contributed by atoms with van der Waals surface area (Å²) in [5.74, 6) is -1.82. The van der Waals surface area contributed by atoms with Gasteiger partial charge in [0.05, 0.1) is 0 Å². The Hall–Kier alpha value is -2.10. The van der Waals surface area contributed by atoms with Crippen LogP contribution in [0.3, 0.4) is 0 Å². The van der Waals surface area contributed by atoms with Crippen LogP contribution in [0.5, 0.6) is 0 Å². The summed E-state index contributed by atoms with van der Waals surface area (Å²) in [6, 6.07) is 7.25. The lowest BCUT2D eigenvalue weighted by atomic mass is 10.0. The van der Waals surface area contributed by atoms with Crippen molar-refractivity contribution in [1.29, 1.82) is 0 Å². The van der Waals surface area contributed by atoms with Crippen LogP contribution in [-0.4, -0.2) is 10.8 Å². The van der Waals surface area contributed by atoms with Crippen LogP contribution in [0.25, 0.3) is 0 Å². The number of hydrogen-bond donors (Lipinski definition) is 0. The first-order chi connectivity index (χ1) is 9.15. The molecule has 0 saturated heterocycles. The van der Waals surface area contributed by atoms with Gasteiger partial charge in [0.2, 0.25) is 0 Å². The average molecular weight is 261 g/mol. The number of pyridine rings is 1. The number of hydrogen-bond acceptors (Lipinski definition) is 2. The molecule has 1 heterocycles. The third kappa shape index (κ3) is 3.95. The van der Waals surface area contributed by atoms with Crippen molar-refractivity contribution >= 4 is 5.78 Å². The standard InChI is InChI=1S/C15H13F2NO/c16-14-6-4-12(9-15(14)17)8-13(19)5-3-11-2-1-7-18-10-11/h1-2,4,6-7,9-10H,3,5,8H2. The van der Waals surface area contributed by atoms with Gasteiger partial charge in [0.1, 0.15) is 5.78 Å². The van der Waals surface area contributed by atoms with Gasteiger partial charge in [-0.15, -0.1) is 0 Å². The fourth-order valence-electron chi connectivity index (χ4n) is 1.80. The first kappa shape index (κ1) is 13.3. The minimum atomic E-state index is -0.919. The highest BCUT2D eigenvalue weighted by atomic mass is 19.2. The number of aromatic nitrogens is 1. The first-order valence-electron chi connectivity index (χ1n) is 5.99. The van der Waals surface area contributed by atoms with Crippen molar-refractivity contribution in [1.82, 2.24) is 4.98 Å². The largest absolute Gasteiger partial charge is 0.299 e. The third-order valence-electron chi connectivity index (χ3n) is 2.80. The van der Waals surface area contributed by atoms with Crippen molar-refractivity contribution in [3.8, 4) is 0 Å². The van der Waals surface area contributed by atoms with Crippen LogP contribution in [0.15, 0.2) is 42.7 Å². The van der Waals surface area contributed by atoms with Gasteiger partial charge in [-0.25, -0.2) is 8.78 Å². The van der Waals surface area contributed by atoms with Crippen LogP contribution >= 0.6 is 0 Å². The molecule has 2 nitrogen and oxygen atoms in total. The Morgan fingerprint density at radius 2 is 1.95 bits per heavy atom. The Kier molecular flexibility index (Phi) is 4.34. The zero-order valence-electron chi connectivity index (χ0n) is 10.3. The van der Waals surface area contributed by atoms with Gasteiger partial charge in [-0.1, -0.05) is 12.1 Å². The molecular weight excluding hydrogens is 248 g/mol. The number of rotatable bonds is 5. The lowest BCUT2D eigenvalue weighted by molar-refractivity contribution is -0.118. The molecule has 0 spiro atoms. The Bertz CT molecular complexity index is 570. The molecule has 0 saturated carbocycles. The molecule has 0 radical (unpaired) electrons. The summed E-state index contributed by atoms with van der Waals surface area (Å²) in [6.07, 6.45) is 4.48. The Balaban J connectivity index is 1.89. The summed E-state index contributed by atoms with van der Waals surface area (Å²) in [7, 11) is 0. The third-order valence-corrected chi connectivity index (χ3v) is 2.80. The summed E-state index contributed by atoms with van der Waals surface area (Å²) < 4.78 is 25.7. The van der Waals surface area contributed by atoms with Crippen LogP contribution in [0.1, 0.15) is 17.5 Å². The fourth-order valence-corrected chi connectivity index (χ4v) is 1.80. The van der Waals surface area contributed by atoms with Gasteiger partial charge < -0.3 is 0 Å². The number of carbonyl (C=O) groups excluding carboxylic acids is 1. The number of benzene rings is 1. The molecule has 19 heavy (non-hydrogen) atoms. The highest BCUT2D eigenvalue weighted by Crippen LogP contribution is 2.11. The van der Waals surface area contributed by atoms with Gasteiger partial charge in [-0.05, 0) is 35.7 Å². The van der Waals surface area contributed by atoms with Crippen molar-refractivity contribution in [2.45, 2.75) is 19.3 Å². The van der Waals surface area contributed by atoms with Crippen LogP contribution in [0.2, 0.25) is 0 Å². The summed E-state index contributed by atoms with van der Waals surface area (Å²) in [5, 5.41) is 0. The zero-order chi connectivity index (χ0) is 13.7. The molecule has 0 aliphatic heterocycles. The van der Waals surface area contributed by atoms with E-state index in [0.29, 0.717) is 18.4 Å². The molecule has 0 aliphatic rings. The van der Waals surface area contributed by atoms with E-state index in [4.69, 9.17) is 0 Å². The van der Waals surface area contributed by atoms with E-state index in [9.17, 15) is 13.6 Å². The van der Waals surface area contributed by atoms with E-state index in [0.717, 1.165) is 17.7 Å². The van der Waals surface area contributed by atoms with E-state index in [1.165, 1.54) is 6.07 Å². The maximum absolute atomic E-state index is 13.0. The van der Waals surface area contributed by atoms with Crippen LogP contribution in [0.4, 0.5) is 8.78 Å². The molecule has 2 rings (SSSR count). The SMILES string of the molecule is O=C(CCc1cccnc1)Cc1ccc(F)c(F)c1. The molecule has 2 aromatic rings. The fraction of sp³-hybridized carbons (Fsp3) is 0.200. The van der Waals surface area contributed by atoms with Crippen molar-refractivity contribution in [2.24, 2.45) is 0 Å². The first-order valence-corrected chi connectivity index (χ1v) is 5.99. The quantitative estimate of drug-likeness (QED) is 0.827. The van der Waals surface area contributed by atoms with Crippen LogP contribution in [0, 0.1) is 11.6 Å². The van der Waals surface area contributed by atoms with Crippen LogP contribution < -0.4 is 0 Å². The Morgan fingerprint density at radius 1 is 1.11 bits per heavy atom. The molecule has 0 amide bonds. The van der Waals surface area contributed by atoms with Gasteiger partial charge in [0.15, 0.2) is 11.6 Å². The van der Waals surface area contributed by atoms with Gasteiger partial charge in [0, 0.05) is 25.2 Å². The maximum atomic E-state index is 13.0. The molecular formula is C15H13F2NO. The molecule has 0 atom stereocenters. The van der Waals surface area contributed by atoms with Gasteiger partial charge in [0.25, 0.3) is 0 Å². The summed E-state index contributed by atoms with van der Waals surface area (Å²) >= 11 is 0. The second kappa shape index (κ2) is 6.18. The number of halogens is 2. The number of ketones is 1. The number of Topliss-reactive ketones (excluding diaryl/α,β-unsaturated/α-hetero) is 1. The van der Waals surface area contributed by atoms with E-state index < -0.39 is 11.6 Å². The lowest BCUT2D eigenvalue weighted by Crippen LogP contribution is -2.05. The van der Waals surface area contributed by atoms with Crippen molar-refractivity contribution < 1.29 is 13.6 Å². The van der Waals surface area contributed by atoms with E-state index in [1.807, 2.05) is 12.1 Å². The molecule has 0 fully saturated rings. The second-order valence-electron chi connectivity index (χ2n) is 4.33. The molecule has 1 aromatic carbocycles. The van der Waals surface area contributed by atoms with Gasteiger partial charge in [-0.3, -0.25) is 9.78 Å². The van der Waals surface area contributed by atoms with Crippen LogP contribution in [-0.2, 0) is 17.6 Å². The summed E-state index contributed by atoms with van der Waals surface area (Å²) in [6.45, 7) is 0. The Labute approximate surface area is 110 Å². The predicted molar refractivity (Wildman–Crippen MR) is 67.6 cm³/mol. The molecule has 98 valence electrons. The van der Waals surface area contributed by atoms with E-state index in [-0.39, 0.29) is 12.2 Å². The summed E-state index contributed by atoms with van der Waals surface area (Å²) in [4.78, 5) is 15.7. The molecule has 0 N–H and O–H groups in total. The summed E-state index contributed by atoms with van der Waals surface area (Å²) in [5.41, 5.74) is 1.48. The minimum absolute atomic E-state index is 0.00476. The minimum Gasteiger partial charge on any atom is -0.299 e.